The highest BCUT2D eigenvalue weighted by Gasteiger charge is 2.35. The van der Waals surface area contributed by atoms with Gasteiger partial charge in [-0.05, 0) is 30.7 Å². The average Bonchev–Trinajstić information content (AvgIpc) is 3.29. The van der Waals surface area contributed by atoms with Crippen LogP contribution in [0.1, 0.15) is 17.7 Å². The van der Waals surface area contributed by atoms with E-state index in [9.17, 15) is 9.59 Å². The van der Waals surface area contributed by atoms with E-state index in [1.165, 1.54) is 0 Å². The van der Waals surface area contributed by atoms with Crippen LogP contribution in [0.4, 0.5) is 5.69 Å². The molecule has 2 aromatic heterocycles. The Balaban J connectivity index is 1.40. The molecule has 1 aromatic carbocycles. The van der Waals surface area contributed by atoms with Crippen LogP contribution in [0.3, 0.4) is 0 Å². The third kappa shape index (κ3) is 3.26. The molecule has 4 rings (SSSR count). The van der Waals surface area contributed by atoms with Crippen LogP contribution < -0.4 is 10.2 Å². The molecule has 8 heteroatoms. The number of amides is 2. The number of hydrogen-bond donors (Lipinski definition) is 1. The maximum Gasteiger partial charge on any atom is 0.227 e. The molecule has 0 spiro atoms. The summed E-state index contributed by atoms with van der Waals surface area (Å²) in [6.07, 6.45) is 4.08. The van der Waals surface area contributed by atoms with Crippen LogP contribution >= 0.6 is 27.3 Å². The van der Waals surface area contributed by atoms with Crippen molar-refractivity contribution in [3.63, 3.8) is 0 Å². The topological polar surface area (TPSA) is 66.7 Å². The molecule has 3 aromatic rings. The number of thiazole rings is 1. The fourth-order valence-corrected chi connectivity index (χ4v) is 4.08. The summed E-state index contributed by atoms with van der Waals surface area (Å²) in [7, 11) is 0. The highest BCUT2D eigenvalue weighted by atomic mass is 79.9. The maximum atomic E-state index is 12.5. The molecule has 1 unspecified atom stereocenters. The van der Waals surface area contributed by atoms with Crippen LogP contribution in [-0.4, -0.2) is 27.7 Å². The number of nitrogens with zero attached hydrogens (tertiary/aromatic N) is 3. The summed E-state index contributed by atoms with van der Waals surface area (Å²) in [5.74, 6) is -0.462. The number of aromatic nitrogens is 2. The predicted octanol–water partition coefficient (Wildman–Crippen LogP) is 3.14. The standard InChI is InChI=1S/C18H17BrN4O2S/c1-11-6-14(2-3-15(11)19)23-9-12(7-16(23)24)17(25)20-8-13-10-22-4-5-26-18(22)21-13/h2-6,10,12H,7-9H2,1H3,(H,20,25). The Hall–Kier alpha value is -2.19. The van der Waals surface area contributed by atoms with Gasteiger partial charge < -0.3 is 10.2 Å². The number of carbonyl (C=O) groups excluding carboxylic acids is 2. The van der Waals surface area contributed by atoms with Gasteiger partial charge in [-0.1, -0.05) is 15.9 Å². The summed E-state index contributed by atoms with van der Waals surface area (Å²) in [5.41, 5.74) is 2.71. The predicted molar refractivity (Wildman–Crippen MR) is 104 cm³/mol. The van der Waals surface area contributed by atoms with E-state index >= 15 is 0 Å². The molecular formula is C18H17BrN4O2S. The Labute approximate surface area is 163 Å². The lowest BCUT2D eigenvalue weighted by atomic mass is 10.1. The monoisotopic (exact) mass is 432 g/mol. The van der Waals surface area contributed by atoms with Gasteiger partial charge in [0.1, 0.15) is 0 Å². The summed E-state index contributed by atoms with van der Waals surface area (Å²) in [6.45, 7) is 2.76. The molecule has 0 saturated carbocycles. The van der Waals surface area contributed by atoms with E-state index in [1.807, 2.05) is 47.3 Å². The number of anilines is 1. The Morgan fingerprint density at radius 1 is 1.46 bits per heavy atom. The third-order valence-corrected chi connectivity index (χ3v) is 6.20. The van der Waals surface area contributed by atoms with Gasteiger partial charge in [0.25, 0.3) is 0 Å². The molecular weight excluding hydrogens is 416 g/mol. The fraction of sp³-hybridized carbons (Fsp3) is 0.278. The molecule has 1 saturated heterocycles. The normalized spacial score (nSPS) is 17.2. The van der Waals surface area contributed by atoms with Crippen LogP contribution in [0.25, 0.3) is 4.96 Å². The van der Waals surface area contributed by atoms with E-state index in [-0.39, 0.29) is 24.2 Å². The van der Waals surface area contributed by atoms with Gasteiger partial charge in [-0.3, -0.25) is 14.0 Å². The second-order valence-electron chi connectivity index (χ2n) is 6.38. The van der Waals surface area contributed by atoms with Crippen LogP contribution in [0.15, 0.2) is 40.4 Å². The molecule has 1 aliphatic heterocycles. The Morgan fingerprint density at radius 2 is 2.31 bits per heavy atom. The first-order chi connectivity index (χ1) is 12.5. The van der Waals surface area contributed by atoms with Crippen molar-refractivity contribution in [1.29, 1.82) is 0 Å². The molecule has 1 N–H and O–H groups in total. The average molecular weight is 433 g/mol. The molecule has 26 heavy (non-hydrogen) atoms. The van der Waals surface area contributed by atoms with E-state index in [4.69, 9.17) is 0 Å². The number of rotatable bonds is 4. The quantitative estimate of drug-likeness (QED) is 0.688. The van der Waals surface area contributed by atoms with Crippen LogP contribution in [0.2, 0.25) is 0 Å². The zero-order valence-electron chi connectivity index (χ0n) is 14.1. The number of hydrogen-bond acceptors (Lipinski definition) is 4. The first kappa shape index (κ1) is 17.2. The number of imidazole rings is 1. The van der Waals surface area contributed by atoms with E-state index < -0.39 is 0 Å². The Bertz CT molecular complexity index is 968. The van der Waals surface area contributed by atoms with E-state index in [1.54, 1.807) is 16.2 Å². The summed E-state index contributed by atoms with van der Waals surface area (Å²) >= 11 is 5.02. The van der Waals surface area contributed by atoms with Crippen molar-refractivity contribution in [2.45, 2.75) is 19.9 Å². The molecule has 2 amide bonds. The van der Waals surface area contributed by atoms with Gasteiger partial charge in [-0.2, -0.15) is 0 Å². The number of halogens is 1. The maximum absolute atomic E-state index is 12.5. The minimum absolute atomic E-state index is 0.0191. The molecule has 1 aliphatic rings. The van der Waals surface area contributed by atoms with Crippen molar-refractivity contribution < 1.29 is 9.59 Å². The van der Waals surface area contributed by atoms with Gasteiger partial charge >= 0.3 is 0 Å². The molecule has 6 nitrogen and oxygen atoms in total. The van der Waals surface area contributed by atoms with Crippen LogP contribution in [0, 0.1) is 12.8 Å². The second-order valence-corrected chi connectivity index (χ2v) is 8.11. The van der Waals surface area contributed by atoms with Gasteiger partial charge in [0.15, 0.2) is 4.96 Å². The van der Waals surface area contributed by atoms with E-state index in [2.05, 4.69) is 26.2 Å². The van der Waals surface area contributed by atoms with E-state index in [0.717, 1.165) is 26.4 Å². The van der Waals surface area contributed by atoms with Crippen molar-refractivity contribution >= 4 is 49.7 Å². The van der Waals surface area contributed by atoms with Gasteiger partial charge in [-0.15, -0.1) is 11.3 Å². The van der Waals surface area contributed by atoms with Crippen molar-refractivity contribution in [1.82, 2.24) is 14.7 Å². The molecule has 0 radical (unpaired) electrons. The fourth-order valence-electron chi connectivity index (χ4n) is 3.11. The highest BCUT2D eigenvalue weighted by Crippen LogP contribution is 2.28. The summed E-state index contributed by atoms with van der Waals surface area (Å²) < 4.78 is 2.94. The molecule has 3 heterocycles. The van der Waals surface area contributed by atoms with Crippen LogP contribution in [-0.2, 0) is 16.1 Å². The van der Waals surface area contributed by atoms with Gasteiger partial charge in [0.2, 0.25) is 11.8 Å². The van der Waals surface area contributed by atoms with Crippen molar-refractivity contribution in [2.75, 3.05) is 11.4 Å². The zero-order valence-corrected chi connectivity index (χ0v) is 16.5. The number of aryl methyl sites for hydroxylation is 1. The third-order valence-electron chi connectivity index (χ3n) is 4.54. The second kappa shape index (κ2) is 6.85. The number of fused-ring (bicyclic) bond motifs is 1. The minimum atomic E-state index is -0.338. The SMILES string of the molecule is Cc1cc(N2CC(C(=O)NCc3cn4ccsc4n3)CC2=O)ccc1Br. The van der Waals surface area contributed by atoms with Crippen molar-refractivity contribution in [2.24, 2.45) is 5.92 Å². The molecule has 1 atom stereocenters. The molecule has 0 bridgehead atoms. The highest BCUT2D eigenvalue weighted by molar-refractivity contribution is 9.10. The number of benzene rings is 1. The summed E-state index contributed by atoms with van der Waals surface area (Å²) in [5, 5.41) is 4.87. The molecule has 134 valence electrons. The number of carbonyl (C=O) groups is 2. The van der Waals surface area contributed by atoms with Crippen molar-refractivity contribution in [3.8, 4) is 0 Å². The Morgan fingerprint density at radius 3 is 3.08 bits per heavy atom. The largest absolute Gasteiger partial charge is 0.350 e. The smallest absolute Gasteiger partial charge is 0.227 e. The van der Waals surface area contributed by atoms with Crippen LogP contribution in [0.5, 0.6) is 0 Å². The summed E-state index contributed by atoms with van der Waals surface area (Å²) in [6, 6.07) is 5.78. The van der Waals surface area contributed by atoms with Gasteiger partial charge in [0, 0.05) is 40.9 Å². The lowest BCUT2D eigenvalue weighted by Gasteiger charge is -2.17. The molecule has 0 aliphatic carbocycles. The molecule has 1 fully saturated rings. The van der Waals surface area contributed by atoms with Gasteiger partial charge in [0.05, 0.1) is 18.2 Å². The lowest BCUT2D eigenvalue weighted by Crippen LogP contribution is -2.32. The zero-order chi connectivity index (χ0) is 18.3. The lowest BCUT2D eigenvalue weighted by molar-refractivity contribution is -0.126. The first-order valence-corrected chi connectivity index (χ1v) is 9.94. The minimum Gasteiger partial charge on any atom is -0.350 e. The van der Waals surface area contributed by atoms with Gasteiger partial charge in [-0.25, -0.2) is 4.98 Å². The first-order valence-electron chi connectivity index (χ1n) is 8.26. The Kier molecular flexibility index (Phi) is 4.54. The van der Waals surface area contributed by atoms with Crippen molar-refractivity contribution in [3.05, 3.63) is 51.7 Å². The number of nitrogens with one attached hydrogen (secondary N) is 1. The summed E-state index contributed by atoms with van der Waals surface area (Å²) in [4.78, 5) is 31.9. The van der Waals surface area contributed by atoms with E-state index in [0.29, 0.717) is 13.1 Å².